The van der Waals surface area contributed by atoms with Crippen LogP contribution < -0.4 is 15.8 Å². The van der Waals surface area contributed by atoms with E-state index in [1.54, 1.807) is 24.3 Å². The van der Waals surface area contributed by atoms with Crippen LogP contribution in [0.1, 0.15) is 22.8 Å². The SMILES string of the molecule is CC(=O)c1cc(F)cc(F)c1Oc1nc(N)nc(Nc2ccc(C#N)cc2)n1. The Hall–Kier alpha value is -4.13. The van der Waals surface area contributed by atoms with Crippen molar-refractivity contribution in [2.24, 2.45) is 0 Å². The van der Waals surface area contributed by atoms with E-state index in [1.807, 2.05) is 6.07 Å². The van der Waals surface area contributed by atoms with Gasteiger partial charge in [0.15, 0.2) is 17.3 Å². The van der Waals surface area contributed by atoms with Crippen molar-refractivity contribution in [2.75, 3.05) is 11.1 Å². The van der Waals surface area contributed by atoms with Gasteiger partial charge >= 0.3 is 6.01 Å². The normalized spacial score (nSPS) is 10.2. The number of rotatable bonds is 5. The number of Topliss-reactive ketones (excluding diaryl/α,β-unsaturated/α-hetero) is 1. The smallest absolute Gasteiger partial charge is 0.328 e. The number of nitrogen functional groups attached to an aromatic ring is 1. The molecule has 2 aromatic carbocycles. The maximum absolute atomic E-state index is 14.1. The van der Waals surface area contributed by atoms with Crippen molar-refractivity contribution in [1.82, 2.24) is 15.0 Å². The van der Waals surface area contributed by atoms with Crippen LogP contribution in [0, 0.1) is 23.0 Å². The van der Waals surface area contributed by atoms with Crippen molar-refractivity contribution in [1.29, 1.82) is 5.26 Å². The van der Waals surface area contributed by atoms with E-state index in [9.17, 15) is 13.6 Å². The second-order valence-corrected chi connectivity index (χ2v) is 5.54. The molecule has 0 saturated carbocycles. The topological polar surface area (TPSA) is 127 Å². The van der Waals surface area contributed by atoms with Crippen molar-refractivity contribution >= 4 is 23.4 Å². The van der Waals surface area contributed by atoms with Gasteiger partial charge in [0, 0.05) is 11.8 Å². The molecule has 0 radical (unpaired) electrons. The van der Waals surface area contributed by atoms with Crippen LogP contribution in [0.15, 0.2) is 36.4 Å². The van der Waals surface area contributed by atoms with Crippen molar-refractivity contribution in [2.45, 2.75) is 6.92 Å². The van der Waals surface area contributed by atoms with Crippen LogP contribution in [-0.4, -0.2) is 20.7 Å². The van der Waals surface area contributed by atoms with Crippen LogP contribution in [0.5, 0.6) is 11.8 Å². The molecule has 0 bridgehead atoms. The molecule has 28 heavy (non-hydrogen) atoms. The summed E-state index contributed by atoms with van der Waals surface area (Å²) in [4.78, 5) is 23.2. The number of nitrogens with one attached hydrogen (secondary N) is 1. The third-order valence-electron chi connectivity index (χ3n) is 3.48. The Morgan fingerprint density at radius 1 is 1.18 bits per heavy atom. The summed E-state index contributed by atoms with van der Waals surface area (Å²) in [6.07, 6.45) is 0. The summed E-state index contributed by atoms with van der Waals surface area (Å²) in [5, 5.41) is 11.6. The zero-order valence-corrected chi connectivity index (χ0v) is 14.4. The number of nitrogens with zero attached hydrogens (tertiary/aromatic N) is 4. The van der Waals surface area contributed by atoms with Crippen molar-refractivity contribution < 1.29 is 18.3 Å². The van der Waals surface area contributed by atoms with Crippen molar-refractivity contribution in [3.63, 3.8) is 0 Å². The monoisotopic (exact) mass is 382 g/mol. The highest BCUT2D eigenvalue weighted by Crippen LogP contribution is 2.29. The first-order valence-corrected chi connectivity index (χ1v) is 7.82. The zero-order chi connectivity index (χ0) is 20.3. The van der Waals surface area contributed by atoms with E-state index >= 15 is 0 Å². The standard InChI is InChI=1S/C18H12F2N6O2/c1-9(27)13-6-11(19)7-14(20)15(13)28-18-25-16(22)24-17(26-18)23-12-4-2-10(8-21)3-5-12/h2-7H,1H3,(H3,22,23,24,25,26). The van der Waals surface area contributed by atoms with Gasteiger partial charge in [-0.2, -0.15) is 20.2 Å². The highest BCUT2D eigenvalue weighted by atomic mass is 19.1. The Bertz CT molecular complexity index is 1100. The lowest BCUT2D eigenvalue weighted by Crippen LogP contribution is -2.07. The Labute approximate surface area is 157 Å². The minimum atomic E-state index is -1.09. The van der Waals surface area contributed by atoms with Crippen LogP contribution >= 0.6 is 0 Å². The quantitative estimate of drug-likeness (QED) is 0.643. The van der Waals surface area contributed by atoms with E-state index in [0.717, 1.165) is 13.0 Å². The van der Waals surface area contributed by atoms with Gasteiger partial charge in [-0.3, -0.25) is 4.79 Å². The summed E-state index contributed by atoms with van der Waals surface area (Å²) in [5.74, 6) is -3.39. The summed E-state index contributed by atoms with van der Waals surface area (Å²) >= 11 is 0. The summed E-state index contributed by atoms with van der Waals surface area (Å²) in [6, 6.07) is 9.41. The first kappa shape index (κ1) is 18.7. The summed E-state index contributed by atoms with van der Waals surface area (Å²) in [5.41, 5.74) is 6.33. The Balaban J connectivity index is 1.92. The summed E-state index contributed by atoms with van der Waals surface area (Å²) in [7, 11) is 0. The van der Waals surface area contributed by atoms with Gasteiger partial charge < -0.3 is 15.8 Å². The largest absolute Gasteiger partial charge is 0.420 e. The average molecular weight is 382 g/mol. The number of nitrogens with two attached hydrogens (primary N) is 1. The lowest BCUT2D eigenvalue weighted by Gasteiger charge is -2.11. The van der Waals surface area contributed by atoms with Gasteiger partial charge in [0.05, 0.1) is 17.2 Å². The van der Waals surface area contributed by atoms with E-state index in [2.05, 4.69) is 20.3 Å². The number of halogens is 2. The molecule has 0 aliphatic rings. The van der Waals surface area contributed by atoms with E-state index in [4.69, 9.17) is 15.7 Å². The molecule has 0 aliphatic heterocycles. The fourth-order valence-electron chi connectivity index (χ4n) is 2.25. The number of ether oxygens (including phenoxy) is 1. The van der Waals surface area contributed by atoms with E-state index in [1.165, 1.54) is 0 Å². The number of benzene rings is 2. The molecule has 3 N–H and O–H groups in total. The Morgan fingerprint density at radius 2 is 1.89 bits per heavy atom. The van der Waals surface area contributed by atoms with Gasteiger partial charge in [0.1, 0.15) is 5.82 Å². The van der Waals surface area contributed by atoms with Gasteiger partial charge in [0.2, 0.25) is 11.9 Å². The molecule has 1 aromatic heterocycles. The number of hydrogen-bond acceptors (Lipinski definition) is 8. The zero-order valence-electron chi connectivity index (χ0n) is 14.4. The molecule has 0 spiro atoms. The first-order chi connectivity index (χ1) is 13.4. The number of carbonyl (C=O) groups is 1. The summed E-state index contributed by atoms with van der Waals surface area (Å²) in [6.45, 7) is 1.14. The Kier molecular flexibility index (Phi) is 5.08. The highest BCUT2D eigenvalue weighted by molar-refractivity contribution is 5.97. The predicted molar refractivity (Wildman–Crippen MR) is 95.1 cm³/mol. The van der Waals surface area contributed by atoms with Crippen LogP contribution in [0.2, 0.25) is 0 Å². The molecule has 140 valence electrons. The molecule has 10 heteroatoms. The molecule has 0 atom stereocenters. The summed E-state index contributed by atoms with van der Waals surface area (Å²) < 4.78 is 32.8. The molecule has 3 aromatic rings. The van der Waals surface area contributed by atoms with Crippen LogP contribution in [0.25, 0.3) is 0 Å². The molecular formula is C18H12F2N6O2. The van der Waals surface area contributed by atoms with Crippen molar-refractivity contribution in [3.8, 4) is 17.8 Å². The van der Waals surface area contributed by atoms with E-state index < -0.39 is 29.2 Å². The molecule has 0 unspecified atom stereocenters. The lowest BCUT2D eigenvalue weighted by molar-refractivity contribution is 0.101. The molecule has 0 amide bonds. The molecule has 1 heterocycles. The maximum atomic E-state index is 14.1. The van der Waals surface area contributed by atoms with Gasteiger partial charge in [-0.15, -0.1) is 0 Å². The Morgan fingerprint density at radius 3 is 2.54 bits per heavy atom. The number of carbonyl (C=O) groups excluding carboxylic acids is 1. The van der Waals surface area contributed by atoms with E-state index in [0.29, 0.717) is 17.3 Å². The molecular weight excluding hydrogens is 370 g/mol. The second-order valence-electron chi connectivity index (χ2n) is 5.54. The maximum Gasteiger partial charge on any atom is 0.328 e. The fraction of sp³-hybridized carbons (Fsp3) is 0.0556. The van der Waals surface area contributed by atoms with E-state index in [-0.39, 0.29) is 17.5 Å². The number of anilines is 3. The number of ketones is 1. The van der Waals surface area contributed by atoms with Gasteiger partial charge in [-0.25, -0.2) is 8.78 Å². The number of nitriles is 1. The van der Waals surface area contributed by atoms with Gasteiger partial charge in [-0.05, 0) is 37.3 Å². The van der Waals surface area contributed by atoms with Gasteiger partial charge in [0.25, 0.3) is 0 Å². The van der Waals surface area contributed by atoms with Crippen LogP contribution in [-0.2, 0) is 0 Å². The minimum absolute atomic E-state index is 0.0147. The fourth-order valence-corrected chi connectivity index (χ4v) is 2.25. The van der Waals surface area contributed by atoms with Gasteiger partial charge in [-0.1, -0.05) is 0 Å². The number of hydrogen-bond donors (Lipinski definition) is 2. The third-order valence-corrected chi connectivity index (χ3v) is 3.48. The molecule has 0 aliphatic carbocycles. The minimum Gasteiger partial charge on any atom is -0.420 e. The van der Waals surface area contributed by atoms with Crippen molar-refractivity contribution in [3.05, 3.63) is 59.2 Å². The lowest BCUT2D eigenvalue weighted by atomic mass is 10.1. The highest BCUT2D eigenvalue weighted by Gasteiger charge is 2.19. The second kappa shape index (κ2) is 7.63. The van der Waals surface area contributed by atoms with Crippen LogP contribution in [0.4, 0.5) is 26.4 Å². The number of aromatic nitrogens is 3. The third kappa shape index (κ3) is 4.16. The van der Waals surface area contributed by atoms with Crippen LogP contribution in [0.3, 0.4) is 0 Å². The molecule has 3 rings (SSSR count). The predicted octanol–water partition coefficient (Wildman–Crippen LogP) is 3.34. The molecule has 0 fully saturated rings. The molecule has 0 saturated heterocycles. The molecule has 8 nitrogen and oxygen atoms in total. The first-order valence-electron chi connectivity index (χ1n) is 7.82. The average Bonchev–Trinajstić information content (AvgIpc) is 2.63.